The maximum atomic E-state index is 3.83. The Hall–Kier alpha value is -1.56. The summed E-state index contributed by atoms with van der Waals surface area (Å²) in [6.07, 6.45) is 8.33. The Kier molecular flexibility index (Phi) is 2.86. The molecule has 0 spiro atoms. The van der Waals surface area contributed by atoms with E-state index in [1.165, 1.54) is 16.0 Å². The topological polar surface area (TPSA) is 0 Å². The summed E-state index contributed by atoms with van der Waals surface area (Å²) < 4.78 is 0. The Morgan fingerprint density at radius 1 is 1.13 bits per heavy atom. The fourth-order valence-corrected chi connectivity index (χ4v) is 2.26. The SMILES string of the molecule is C=CCC1=c2ccccc2=CC1CC=C. The van der Waals surface area contributed by atoms with Crippen molar-refractivity contribution >= 4 is 11.6 Å². The minimum atomic E-state index is 0.526. The largest absolute Gasteiger partial charge is 0.103 e. The number of rotatable bonds is 4. The van der Waals surface area contributed by atoms with Crippen molar-refractivity contribution in [2.24, 2.45) is 5.92 Å². The average Bonchev–Trinajstić information content (AvgIpc) is 2.59. The minimum Gasteiger partial charge on any atom is -0.103 e. The van der Waals surface area contributed by atoms with Crippen LogP contribution in [0, 0.1) is 5.92 Å². The normalized spacial score (nSPS) is 18.1. The summed E-state index contributed by atoms with van der Waals surface area (Å²) in [5.41, 5.74) is 1.49. The van der Waals surface area contributed by atoms with Gasteiger partial charge in [0, 0.05) is 5.92 Å². The summed E-state index contributed by atoms with van der Waals surface area (Å²) in [6, 6.07) is 8.58. The Balaban J connectivity index is 2.55. The quantitative estimate of drug-likeness (QED) is 0.649. The molecule has 0 heteroatoms. The summed E-state index contributed by atoms with van der Waals surface area (Å²) >= 11 is 0. The van der Waals surface area contributed by atoms with Crippen LogP contribution in [-0.4, -0.2) is 0 Å². The van der Waals surface area contributed by atoms with Crippen LogP contribution in [-0.2, 0) is 0 Å². The van der Waals surface area contributed by atoms with Gasteiger partial charge < -0.3 is 0 Å². The van der Waals surface area contributed by atoms with Crippen molar-refractivity contribution in [2.75, 3.05) is 0 Å². The number of hydrogen-bond acceptors (Lipinski definition) is 0. The van der Waals surface area contributed by atoms with E-state index in [0.717, 1.165) is 12.8 Å². The molecule has 0 bridgehead atoms. The van der Waals surface area contributed by atoms with Gasteiger partial charge >= 0.3 is 0 Å². The molecule has 0 fully saturated rings. The van der Waals surface area contributed by atoms with E-state index < -0.39 is 0 Å². The van der Waals surface area contributed by atoms with E-state index in [1.54, 1.807) is 0 Å². The van der Waals surface area contributed by atoms with Gasteiger partial charge in [-0.05, 0) is 23.3 Å². The highest BCUT2D eigenvalue weighted by molar-refractivity contribution is 5.63. The van der Waals surface area contributed by atoms with Gasteiger partial charge in [0.05, 0.1) is 0 Å². The Morgan fingerprint density at radius 3 is 2.67 bits per heavy atom. The molecule has 0 aromatic heterocycles. The summed E-state index contributed by atoms with van der Waals surface area (Å²) in [5, 5.41) is 2.76. The van der Waals surface area contributed by atoms with Gasteiger partial charge in [0.2, 0.25) is 0 Å². The first-order chi connectivity index (χ1) is 7.36. The molecule has 0 heterocycles. The lowest BCUT2D eigenvalue weighted by molar-refractivity contribution is 0.884. The number of hydrogen-bond donors (Lipinski definition) is 0. The molecular formula is C15H16. The Labute approximate surface area is 91.0 Å². The maximum absolute atomic E-state index is 3.83. The second-order valence-electron chi connectivity index (χ2n) is 3.90. The lowest BCUT2D eigenvalue weighted by Gasteiger charge is -2.09. The van der Waals surface area contributed by atoms with Crippen LogP contribution in [0.5, 0.6) is 0 Å². The summed E-state index contributed by atoms with van der Waals surface area (Å²) in [4.78, 5) is 0. The molecule has 1 aromatic carbocycles. The second-order valence-corrected chi connectivity index (χ2v) is 3.90. The van der Waals surface area contributed by atoms with Gasteiger partial charge in [-0.15, -0.1) is 13.2 Å². The summed E-state index contributed by atoms with van der Waals surface area (Å²) in [6.45, 7) is 7.65. The van der Waals surface area contributed by atoms with E-state index >= 15 is 0 Å². The molecule has 76 valence electrons. The van der Waals surface area contributed by atoms with Crippen LogP contribution >= 0.6 is 0 Å². The van der Waals surface area contributed by atoms with Crippen LogP contribution in [0.2, 0.25) is 0 Å². The molecular weight excluding hydrogens is 180 g/mol. The molecule has 2 rings (SSSR count). The third-order valence-corrected chi connectivity index (χ3v) is 2.92. The predicted octanol–water partition coefficient (Wildman–Crippen LogP) is 2.40. The van der Waals surface area contributed by atoms with E-state index in [2.05, 4.69) is 43.5 Å². The van der Waals surface area contributed by atoms with Gasteiger partial charge in [0.15, 0.2) is 0 Å². The molecule has 1 atom stereocenters. The highest BCUT2D eigenvalue weighted by Gasteiger charge is 2.14. The second kappa shape index (κ2) is 4.31. The lowest BCUT2D eigenvalue weighted by atomic mass is 9.95. The first kappa shape index (κ1) is 9.97. The molecule has 1 aromatic rings. The molecule has 0 nitrogen and oxygen atoms in total. The highest BCUT2D eigenvalue weighted by atomic mass is 14.2. The molecule has 1 unspecified atom stereocenters. The first-order valence-electron chi connectivity index (χ1n) is 5.38. The standard InChI is InChI=1S/C15H16/c1-3-7-12-11-13-9-5-6-10-15(13)14(12)8-4-2/h3-6,9-12H,1-2,7-8H2. The van der Waals surface area contributed by atoms with Crippen molar-refractivity contribution in [3.63, 3.8) is 0 Å². The van der Waals surface area contributed by atoms with Crippen molar-refractivity contribution < 1.29 is 0 Å². The Morgan fingerprint density at radius 2 is 1.93 bits per heavy atom. The van der Waals surface area contributed by atoms with E-state index in [1.807, 2.05) is 12.2 Å². The van der Waals surface area contributed by atoms with Crippen molar-refractivity contribution in [3.8, 4) is 0 Å². The van der Waals surface area contributed by atoms with Gasteiger partial charge in [-0.2, -0.15) is 0 Å². The van der Waals surface area contributed by atoms with Crippen LogP contribution in [0.15, 0.2) is 49.6 Å². The summed E-state index contributed by atoms with van der Waals surface area (Å²) in [7, 11) is 0. The molecule has 0 saturated heterocycles. The smallest absolute Gasteiger partial charge is 0.00327 e. The van der Waals surface area contributed by atoms with E-state index in [9.17, 15) is 0 Å². The first-order valence-corrected chi connectivity index (χ1v) is 5.38. The molecule has 0 N–H and O–H groups in total. The van der Waals surface area contributed by atoms with Crippen LogP contribution in [0.25, 0.3) is 11.6 Å². The van der Waals surface area contributed by atoms with Crippen molar-refractivity contribution in [1.29, 1.82) is 0 Å². The zero-order valence-electron chi connectivity index (χ0n) is 8.95. The zero-order chi connectivity index (χ0) is 10.7. The van der Waals surface area contributed by atoms with E-state index in [-0.39, 0.29) is 0 Å². The highest BCUT2D eigenvalue weighted by Crippen LogP contribution is 2.23. The molecule has 1 aliphatic rings. The van der Waals surface area contributed by atoms with Gasteiger partial charge in [0.1, 0.15) is 0 Å². The zero-order valence-corrected chi connectivity index (χ0v) is 8.95. The van der Waals surface area contributed by atoms with Crippen molar-refractivity contribution in [3.05, 3.63) is 60.0 Å². The minimum absolute atomic E-state index is 0.526. The van der Waals surface area contributed by atoms with Crippen LogP contribution < -0.4 is 10.4 Å². The fourth-order valence-electron chi connectivity index (χ4n) is 2.26. The third kappa shape index (κ3) is 1.80. The molecule has 1 aliphatic carbocycles. The summed E-state index contributed by atoms with van der Waals surface area (Å²) in [5.74, 6) is 0.526. The molecule has 0 aliphatic heterocycles. The maximum Gasteiger partial charge on any atom is 0.00327 e. The Bertz CT molecular complexity index is 491. The van der Waals surface area contributed by atoms with Crippen LogP contribution in [0.1, 0.15) is 12.8 Å². The molecule has 0 saturated carbocycles. The van der Waals surface area contributed by atoms with Gasteiger partial charge in [-0.25, -0.2) is 0 Å². The third-order valence-electron chi connectivity index (χ3n) is 2.92. The van der Waals surface area contributed by atoms with Crippen molar-refractivity contribution in [2.45, 2.75) is 12.8 Å². The van der Waals surface area contributed by atoms with Gasteiger partial charge in [-0.1, -0.05) is 48.1 Å². The molecule has 0 radical (unpaired) electrons. The molecule has 0 amide bonds. The van der Waals surface area contributed by atoms with Crippen LogP contribution in [0.4, 0.5) is 0 Å². The number of benzene rings is 1. The van der Waals surface area contributed by atoms with E-state index in [4.69, 9.17) is 0 Å². The molecule has 15 heavy (non-hydrogen) atoms. The number of fused-ring (bicyclic) bond motifs is 1. The predicted molar refractivity (Wildman–Crippen MR) is 66.7 cm³/mol. The van der Waals surface area contributed by atoms with Gasteiger partial charge in [0.25, 0.3) is 0 Å². The van der Waals surface area contributed by atoms with Gasteiger partial charge in [-0.3, -0.25) is 0 Å². The lowest BCUT2D eigenvalue weighted by Crippen LogP contribution is -2.21. The monoisotopic (exact) mass is 196 g/mol. The average molecular weight is 196 g/mol. The van der Waals surface area contributed by atoms with Crippen LogP contribution in [0.3, 0.4) is 0 Å². The fraction of sp³-hybridized carbons (Fsp3) is 0.200. The van der Waals surface area contributed by atoms with E-state index in [0.29, 0.717) is 5.92 Å². The van der Waals surface area contributed by atoms with Crippen molar-refractivity contribution in [1.82, 2.24) is 0 Å². The number of allylic oxidation sites excluding steroid dienone is 2.